The van der Waals surface area contributed by atoms with Crippen LogP contribution in [-0.4, -0.2) is 46.0 Å². The molecular formula is C15H18N6O4S. The molecule has 0 spiro atoms. The summed E-state index contributed by atoms with van der Waals surface area (Å²) in [6, 6.07) is 1.45. The van der Waals surface area contributed by atoms with Crippen molar-refractivity contribution in [3.05, 3.63) is 11.9 Å². The summed E-state index contributed by atoms with van der Waals surface area (Å²) in [7, 11) is 2.95. The van der Waals surface area contributed by atoms with Crippen LogP contribution in [0.2, 0.25) is 0 Å². The second-order valence-electron chi connectivity index (χ2n) is 5.00. The van der Waals surface area contributed by atoms with E-state index in [4.69, 9.17) is 9.47 Å². The summed E-state index contributed by atoms with van der Waals surface area (Å²) in [5, 5.41) is 5.36. The van der Waals surface area contributed by atoms with Crippen molar-refractivity contribution in [1.82, 2.24) is 19.9 Å². The van der Waals surface area contributed by atoms with Crippen molar-refractivity contribution in [3.63, 3.8) is 0 Å². The van der Waals surface area contributed by atoms with Crippen LogP contribution in [0.4, 0.5) is 11.6 Å². The van der Waals surface area contributed by atoms with Crippen LogP contribution >= 0.6 is 11.8 Å². The third kappa shape index (κ3) is 5.02. The fraction of sp³-hybridized carbons (Fsp3) is 0.333. The van der Waals surface area contributed by atoms with Crippen molar-refractivity contribution in [3.8, 4) is 11.8 Å². The normalized spacial score (nSPS) is 10.2. The van der Waals surface area contributed by atoms with Gasteiger partial charge in [-0.15, -0.1) is 0 Å². The summed E-state index contributed by atoms with van der Waals surface area (Å²) in [5.41, 5.74) is 0. The number of ether oxygens (including phenoxy) is 2. The average Bonchev–Trinajstić information content (AvgIpc) is 2.54. The van der Waals surface area contributed by atoms with Gasteiger partial charge in [-0.05, 0) is 18.7 Å². The van der Waals surface area contributed by atoms with Gasteiger partial charge in [0.2, 0.25) is 23.6 Å². The van der Waals surface area contributed by atoms with Crippen LogP contribution in [0.1, 0.15) is 19.7 Å². The van der Waals surface area contributed by atoms with E-state index in [2.05, 4.69) is 30.6 Å². The maximum absolute atomic E-state index is 11.3. The summed E-state index contributed by atoms with van der Waals surface area (Å²) in [6.07, 6.45) is 0. The van der Waals surface area contributed by atoms with Gasteiger partial charge in [-0.1, -0.05) is 0 Å². The molecule has 0 saturated heterocycles. The number of rotatable bonds is 6. The topological polar surface area (TPSA) is 128 Å². The summed E-state index contributed by atoms with van der Waals surface area (Å²) in [4.78, 5) is 40.0. The monoisotopic (exact) mass is 378 g/mol. The Labute approximate surface area is 154 Å². The molecule has 2 rings (SSSR count). The van der Waals surface area contributed by atoms with Crippen molar-refractivity contribution < 1.29 is 19.1 Å². The van der Waals surface area contributed by atoms with Gasteiger partial charge in [0.25, 0.3) is 0 Å². The molecular weight excluding hydrogens is 360 g/mol. The highest BCUT2D eigenvalue weighted by Gasteiger charge is 2.19. The Hall–Kier alpha value is -2.95. The van der Waals surface area contributed by atoms with Gasteiger partial charge in [-0.2, -0.15) is 9.97 Å². The lowest BCUT2D eigenvalue weighted by Crippen LogP contribution is -2.12. The van der Waals surface area contributed by atoms with Gasteiger partial charge in [0, 0.05) is 19.9 Å². The van der Waals surface area contributed by atoms with Crippen molar-refractivity contribution in [2.45, 2.75) is 30.8 Å². The Morgan fingerprint density at radius 2 is 1.38 bits per heavy atom. The largest absolute Gasteiger partial charge is 0.480 e. The van der Waals surface area contributed by atoms with E-state index in [1.807, 2.05) is 0 Å². The van der Waals surface area contributed by atoms with Crippen LogP contribution in [0.15, 0.2) is 16.1 Å². The highest BCUT2D eigenvalue weighted by molar-refractivity contribution is 7.99. The standard InChI is InChI=1S/C15H18N6O4S/c1-7-16-13(24-4)12(14(17-7)25-5)26-15-20-10(18-8(2)22)6-11(21-15)19-9(3)23/h6H,1-5H3,(H2,18,19,20,21,22,23). The number of nitrogens with zero attached hydrogens (tertiary/aromatic N) is 4. The third-order valence-corrected chi connectivity index (χ3v) is 3.73. The van der Waals surface area contributed by atoms with E-state index in [-0.39, 0.29) is 28.6 Å². The minimum atomic E-state index is -0.303. The summed E-state index contributed by atoms with van der Waals surface area (Å²) >= 11 is 1.08. The number of amides is 2. The van der Waals surface area contributed by atoms with Gasteiger partial charge < -0.3 is 20.1 Å². The van der Waals surface area contributed by atoms with Gasteiger partial charge in [0.15, 0.2) is 5.16 Å². The molecule has 0 aliphatic carbocycles. The Bertz CT molecular complexity index is 786. The molecule has 2 amide bonds. The molecule has 0 saturated carbocycles. The molecule has 2 aromatic heterocycles. The van der Waals surface area contributed by atoms with Crippen LogP contribution in [-0.2, 0) is 9.59 Å². The molecule has 2 heterocycles. The molecule has 138 valence electrons. The predicted molar refractivity (Wildman–Crippen MR) is 94.6 cm³/mol. The van der Waals surface area contributed by atoms with Crippen LogP contribution in [0.5, 0.6) is 11.8 Å². The molecule has 0 aliphatic rings. The quantitative estimate of drug-likeness (QED) is 0.721. The highest BCUT2D eigenvalue weighted by Crippen LogP contribution is 2.38. The minimum absolute atomic E-state index is 0.240. The van der Waals surface area contributed by atoms with Gasteiger partial charge in [0.05, 0.1) is 14.2 Å². The van der Waals surface area contributed by atoms with E-state index in [1.54, 1.807) is 6.92 Å². The van der Waals surface area contributed by atoms with Crippen molar-refractivity contribution in [1.29, 1.82) is 0 Å². The zero-order valence-electron chi connectivity index (χ0n) is 14.9. The molecule has 26 heavy (non-hydrogen) atoms. The lowest BCUT2D eigenvalue weighted by atomic mass is 10.5. The van der Waals surface area contributed by atoms with Crippen LogP contribution in [0, 0.1) is 6.92 Å². The second kappa shape index (κ2) is 8.43. The van der Waals surface area contributed by atoms with E-state index in [9.17, 15) is 9.59 Å². The molecule has 2 N–H and O–H groups in total. The number of aryl methyl sites for hydroxylation is 1. The van der Waals surface area contributed by atoms with Gasteiger partial charge >= 0.3 is 0 Å². The fourth-order valence-corrected chi connectivity index (χ4v) is 2.83. The first-order valence-electron chi connectivity index (χ1n) is 7.41. The van der Waals surface area contributed by atoms with Crippen LogP contribution in [0.25, 0.3) is 0 Å². The number of hydrogen-bond donors (Lipinski definition) is 2. The zero-order chi connectivity index (χ0) is 19.3. The molecule has 0 unspecified atom stereocenters. The second-order valence-corrected chi connectivity index (χ2v) is 5.98. The molecule has 0 aliphatic heterocycles. The number of aromatic nitrogens is 4. The number of methoxy groups -OCH3 is 2. The third-order valence-electron chi connectivity index (χ3n) is 2.81. The number of carbonyl (C=O) groups excluding carboxylic acids is 2. The van der Waals surface area contributed by atoms with Crippen molar-refractivity contribution >= 4 is 35.2 Å². The Balaban J connectivity index is 2.48. The maximum Gasteiger partial charge on any atom is 0.234 e. The fourth-order valence-electron chi connectivity index (χ4n) is 1.93. The highest BCUT2D eigenvalue weighted by atomic mass is 32.2. The van der Waals surface area contributed by atoms with E-state index >= 15 is 0 Å². The number of nitrogens with one attached hydrogen (secondary N) is 2. The Morgan fingerprint density at radius 3 is 1.77 bits per heavy atom. The Kier molecular flexibility index (Phi) is 6.28. The van der Waals surface area contributed by atoms with Crippen LogP contribution in [0.3, 0.4) is 0 Å². The summed E-state index contributed by atoms with van der Waals surface area (Å²) in [6.45, 7) is 4.42. The van der Waals surface area contributed by atoms with Crippen LogP contribution < -0.4 is 20.1 Å². The van der Waals surface area contributed by atoms with E-state index in [0.717, 1.165) is 11.8 Å². The summed E-state index contributed by atoms with van der Waals surface area (Å²) < 4.78 is 10.6. The molecule has 0 fully saturated rings. The number of carbonyl (C=O) groups is 2. The lowest BCUT2D eigenvalue weighted by Gasteiger charge is -2.12. The molecule has 0 bridgehead atoms. The van der Waals surface area contributed by atoms with Crippen molar-refractivity contribution in [2.24, 2.45) is 0 Å². The number of anilines is 2. The number of hydrogen-bond acceptors (Lipinski definition) is 9. The maximum atomic E-state index is 11.3. The van der Waals surface area contributed by atoms with Gasteiger partial charge in [-0.25, -0.2) is 9.97 Å². The molecule has 0 atom stereocenters. The average molecular weight is 378 g/mol. The minimum Gasteiger partial charge on any atom is -0.480 e. The SMILES string of the molecule is COc1nc(C)nc(OC)c1Sc1nc(NC(C)=O)cc(NC(C)=O)n1. The van der Waals surface area contributed by atoms with Gasteiger partial charge in [-0.3, -0.25) is 9.59 Å². The van der Waals surface area contributed by atoms with Gasteiger partial charge in [0.1, 0.15) is 22.4 Å². The first-order valence-corrected chi connectivity index (χ1v) is 8.22. The molecule has 11 heteroatoms. The molecule has 2 aromatic rings. The van der Waals surface area contributed by atoms with Crippen molar-refractivity contribution in [2.75, 3.05) is 24.9 Å². The first-order chi connectivity index (χ1) is 12.3. The molecule has 10 nitrogen and oxygen atoms in total. The first kappa shape index (κ1) is 19.4. The zero-order valence-corrected chi connectivity index (χ0v) is 15.7. The van der Waals surface area contributed by atoms with E-state index < -0.39 is 0 Å². The Morgan fingerprint density at radius 1 is 0.923 bits per heavy atom. The molecule has 0 aromatic carbocycles. The predicted octanol–water partition coefficient (Wildman–Crippen LogP) is 1.66. The lowest BCUT2D eigenvalue weighted by molar-refractivity contribution is -0.115. The smallest absolute Gasteiger partial charge is 0.234 e. The van der Waals surface area contributed by atoms with E-state index in [0.29, 0.717) is 22.5 Å². The van der Waals surface area contributed by atoms with E-state index in [1.165, 1.54) is 34.1 Å². The summed E-state index contributed by atoms with van der Waals surface area (Å²) in [5.74, 6) is 0.955. The molecule has 0 radical (unpaired) electrons.